The molecule has 0 amide bonds. The normalized spacial score (nSPS) is 16.4. The number of fused-ring (bicyclic) bond motifs is 3. The summed E-state index contributed by atoms with van der Waals surface area (Å²) in [5.74, 6) is 1.57. The summed E-state index contributed by atoms with van der Waals surface area (Å²) in [6.45, 7) is 5.18. The first-order chi connectivity index (χ1) is 13.6. The van der Waals surface area contributed by atoms with Crippen LogP contribution in [0.4, 0.5) is 5.82 Å². The number of nitrogens with two attached hydrogens (primary N) is 1. The van der Waals surface area contributed by atoms with E-state index in [1.54, 1.807) is 11.3 Å². The smallest absolute Gasteiger partial charge is 0.152 e. The number of likely N-dealkylation sites (N-methyl/N-ethyl adjacent to an activating group) is 1. The maximum Gasteiger partial charge on any atom is 0.152 e. The number of rotatable bonds is 3. The SMILES string of the molecule is CN1CCN(Cc2nc3c(N)nc4cc(-c5ccccc5)sc4c3n2C)CC1. The van der Waals surface area contributed by atoms with Crippen LogP contribution in [0, 0.1) is 0 Å². The molecule has 0 unspecified atom stereocenters. The van der Waals surface area contributed by atoms with Crippen LogP contribution in [0.1, 0.15) is 5.82 Å². The Labute approximate surface area is 168 Å². The van der Waals surface area contributed by atoms with Crippen molar-refractivity contribution in [3.63, 3.8) is 0 Å². The Morgan fingerprint density at radius 3 is 2.54 bits per heavy atom. The van der Waals surface area contributed by atoms with E-state index in [2.05, 4.69) is 63.8 Å². The van der Waals surface area contributed by atoms with Gasteiger partial charge in [-0.3, -0.25) is 4.90 Å². The molecule has 0 atom stereocenters. The zero-order valence-corrected chi connectivity index (χ0v) is 17.0. The van der Waals surface area contributed by atoms with Crippen LogP contribution in [0.3, 0.4) is 0 Å². The Balaban J connectivity index is 1.59. The number of benzene rings is 1. The number of thiophene rings is 1. The number of pyridine rings is 1. The molecule has 1 aromatic carbocycles. The van der Waals surface area contributed by atoms with Crippen molar-refractivity contribution in [2.24, 2.45) is 7.05 Å². The molecule has 2 N–H and O–H groups in total. The lowest BCUT2D eigenvalue weighted by molar-refractivity contribution is 0.144. The summed E-state index contributed by atoms with van der Waals surface area (Å²) in [4.78, 5) is 15.6. The Kier molecular flexibility index (Phi) is 4.30. The van der Waals surface area contributed by atoms with Gasteiger partial charge in [-0.25, -0.2) is 9.97 Å². The molecule has 1 aliphatic heterocycles. The molecule has 144 valence electrons. The number of hydrogen-bond acceptors (Lipinski definition) is 6. The lowest BCUT2D eigenvalue weighted by atomic mass is 10.2. The molecular formula is C21H24N6S. The summed E-state index contributed by atoms with van der Waals surface area (Å²) >= 11 is 1.76. The van der Waals surface area contributed by atoms with Crippen LogP contribution < -0.4 is 5.73 Å². The molecule has 6 nitrogen and oxygen atoms in total. The third kappa shape index (κ3) is 2.96. The van der Waals surface area contributed by atoms with Gasteiger partial charge in [-0.15, -0.1) is 11.3 Å². The number of piperazine rings is 1. The van der Waals surface area contributed by atoms with E-state index in [0.717, 1.165) is 59.8 Å². The monoisotopic (exact) mass is 392 g/mol. The minimum absolute atomic E-state index is 0.514. The molecule has 0 spiro atoms. The Hall–Kier alpha value is -2.48. The van der Waals surface area contributed by atoms with Gasteiger partial charge in [0.1, 0.15) is 11.3 Å². The summed E-state index contributed by atoms with van der Waals surface area (Å²) in [5, 5.41) is 0. The van der Waals surface area contributed by atoms with E-state index in [4.69, 9.17) is 10.7 Å². The summed E-state index contributed by atoms with van der Waals surface area (Å²) < 4.78 is 3.36. The van der Waals surface area contributed by atoms with E-state index in [0.29, 0.717) is 5.82 Å². The van der Waals surface area contributed by atoms with Gasteiger partial charge < -0.3 is 15.2 Å². The largest absolute Gasteiger partial charge is 0.382 e. The summed E-state index contributed by atoms with van der Waals surface area (Å²) in [6.07, 6.45) is 0. The van der Waals surface area contributed by atoms with Crippen molar-refractivity contribution >= 4 is 38.4 Å². The second-order valence-electron chi connectivity index (χ2n) is 7.55. The average Bonchev–Trinajstić information content (AvgIpc) is 3.26. The van der Waals surface area contributed by atoms with E-state index in [1.165, 1.54) is 10.4 Å². The van der Waals surface area contributed by atoms with Gasteiger partial charge in [0, 0.05) is 38.1 Å². The van der Waals surface area contributed by atoms with Gasteiger partial charge in [0.15, 0.2) is 5.82 Å². The second kappa shape index (κ2) is 6.84. The predicted molar refractivity (Wildman–Crippen MR) is 117 cm³/mol. The van der Waals surface area contributed by atoms with E-state index < -0.39 is 0 Å². The average molecular weight is 393 g/mol. The van der Waals surface area contributed by atoms with Gasteiger partial charge in [0.05, 0.1) is 22.3 Å². The molecule has 4 heterocycles. The first-order valence-electron chi connectivity index (χ1n) is 9.61. The fourth-order valence-corrected chi connectivity index (χ4v) is 5.08. The molecule has 3 aromatic heterocycles. The molecule has 5 rings (SSSR count). The third-order valence-electron chi connectivity index (χ3n) is 5.62. The van der Waals surface area contributed by atoms with Gasteiger partial charge in [0.25, 0.3) is 0 Å². The van der Waals surface area contributed by atoms with Crippen LogP contribution in [0.15, 0.2) is 36.4 Å². The van der Waals surface area contributed by atoms with Gasteiger partial charge >= 0.3 is 0 Å². The van der Waals surface area contributed by atoms with Crippen LogP contribution in [0.2, 0.25) is 0 Å². The molecule has 0 saturated carbocycles. The van der Waals surface area contributed by atoms with Crippen LogP contribution in [-0.2, 0) is 13.6 Å². The van der Waals surface area contributed by atoms with E-state index in [-0.39, 0.29) is 0 Å². The Bertz CT molecular complexity index is 1140. The molecule has 7 heteroatoms. The highest BCUT2D eigenvalue weighted by Gasteiger charge is 2.21. The van der Waals surface area contributed by atoms with Crippen LogP contribution in [0.25, 0.3) is 31.7 Å². The van der Waals surface area contributed by atoms with Crippen molar-refractivity contribution in [1.29, 1.82) is 0 Å². The highest BCUT2D eigenvalue weighted by molar-refractivity contribution is 7.23. The van der Waals surface area contributed by atoms with Crippen molar-refractivity contribution < 1.29 is 0 Å². The lowest BCUT2D eigenvalue weighted by Gasteiger charge is -2.31. The zero-order valence-electron chi connectivity index (χ0n) is 16.2. The van der Waals surface area contributed by atoms with Gasteiger partial charge in [-0.1, -0.05) is 30.3 Å². The lowest BCUT2D eigenvalue weighted by Crippen LogP contribution is -2.44. The minimum atomic E-state index is 0.514. The fourth-order valence-electron chi connectivity index (χ4n) is 3.89. The Morgan fingerprint density at radius 1 is 1.04 bits per heavy atom. The molecule has 4 aromatic rings. The predicted octanol–water partition coefficient (Wildman–Crippen LogP) is 3.18. The number of imidazole rings is 1. The van der Waals surface area contributed by atoms with E-state index in [9.17, 15) is 0 Å². The summed E-state index contributed by atoms with van der Waals surface area (Å²) in [5.41, 5.74) is 10.4. The van der Waals surface area contributed by atoms with Crippen molar-refractivity contribution in [2.75, 3.05) is 39.0 Å². The maximum absolute atomic E-state index is 6.30. The highest BCUT2D eigenvalue weighted by Crippen LogP contribution is 2.38. The quantitative estimate of drug-likeness (QED) is 0.580. The number of hydrogen-bond donors (Lipinski definition) is 1. The van der Waals surface area contributed by atoms with Gasteiger partial charge in [-0.2, -0.15) is 0 Å². The standard InChI is InChI=1S/C21H24N6S/c1-25-8-10-27(11-9-25)13-17-24-18-19(26(17)2)20-15(23-21(18)22)12-16(28-20)14-6-4-3-5-7-14/h3-7,12H,8-11,13H2,1-2H3,(H2,22,23). The first kappa shape index (κ1) is 17.6. The van der Waals surface area contributed by atoms with Gasteiger partial charge in [0.2, 0.25) is 0 Å². The molecular weight excluding hydrogens is 368 g/mol. The molecule has 0 bridgehead atoms. The molecule has 1 aliphatic rings. The molecule has 1 fully saturated rings. The summed E-state index contributed by atoms with van der Waals surface area (Å²) in [7, 11) is 4.28. The van der Waals surface area contributed by atoms with Crippen LogP contribution >= 0.6 is 11.3 Å². The molecule has 0 radical (unpaired) electrons. The number of aromatic nitrogens is 3. The zero-order chi connectivity index (χ0) is 19.3. The Morgan fingerprint density at radius 2 is 1.79 bits per heavy atom. The number of nitrogen functional groups attached to an aromatic ring is 1. The number of anilines is 1. The van der Waals surface area contributed by atoms with Crippen LogP contribution in [-0.4, -0.2) is 57.6 Å². The van der Waals surface area contributed by atoms with Crippen molar-refractivity contribution in [2.45, 2.75) is 6.54 Å². The molecule has 28 heavy (non-hydrogen) atoms. The van der Waals surface area contributed by atoms with Gasteiger partial charge in [-0.05, 0) is 18.7 Å². The second-order valence-corrected chi connectivity index (χ2v) is 8.60. The van der Waals surface area contributed by atoms with E-state index in [1.807, 2.05) is 6.07 Å². The topological polar surface area (TPSA) is 63.2 Å². The number of aryl methyl sites for hydroxylation is 1. The van der Waals surface area contributed by atoms with Crippen molar-refractivity contribution in [3.05, 3.63) is 42.2 Å². The minimum Gasteiger partial charge on any atom is -0.382 e. The fraction of sp³-hybridized carbons (Fsp3) is 0.333. The molecule has 0 aliphatic carbocycles. The third-order valence-corrected chi connectivity index (χ3v) is 6.80. The van der Waals surface area contributed by atoms with Crippen molar-refractivity contribution in [3.8, 4) is 10.4 Å². The summed E-state index contributed by atoms with van der Waals surface area (Å²) in [6, 6.07) is 12.6. The number of nitrogens with zero attached hydrogens (tertiary/aromatic N) is 5. The van der Waals surface area contributed by atoms with Crippen LogP contribution in [0.5, 0.6) is 0 Å². The highest BCUT2D eigenvalue weighted by atomic mass is 32.1. The maximum atomic E-state index is 6.30. The molecule has 1 saturated heterocycles. The van der Waals surface area contributed by atoms with Crippen molar-refractivity contribution in [1.82, 2.24) is 24.3 Å². The first-order valence-corrected chi connectivity index (χ1v) is 10.4. The van der Waals surface area contributed by atoms with E-state index >= 15 is 0 Å².